The average molecular weight is 343 g/mol. The molecular weight excluding hydrogens is 318 g/mol. The first kappa shape index (κ1) is 17.0. The quantitative estimate of drug-likeness (QED) is 0.853. The largest absolute Gasteiger partial charge is 0.351 e. The average Bonchev–Trinajstić information content (AvgIpc) is 3.38. The van der Waals surface area contributed by atoms with Gasteiger partial charge in [-0.1, -0.05) is 31.2 Å². The van der Waals surface area contributed by atoms with Gasteiger partial charge in [0.05, 0.1) is 11.6 Å². The molecule has 128 valence electrons. The SMILES string of the molecule is CCc1ccc([C@H]2NC(=S)N(C3CC3)C(C)=C2C(=O)N(C)C)cc1. The van der Waals surface area contributed by atoms with Crippen molar-refractivity contribution in [2.24, 2.45) is 0 Å². The molecule has 1 heterocycles. The van der Waals surface area contributed by atoms with Gasteiger partial charge in [0.2, 0.25) is 0 Å². The van der Waals surface area contributed by atoms with E-state index in [1.54, 1.807) is 19.0 Å². The summed E-state index contributed by atoms with van der Waals surface area (Å²) in [5, 5.41) is 4.14. The van der Waals surface area contributed by atoms with Gasteiger partial charge in [0.15, 0.2) is 5.11 Å². The summed E-state index contributed by atoms with van der Waals surface area (Å²) in [5.74, 6) is 0.0396. The van der Waals surface area contributed by atoms with Crippen molar-refractivity contribution in [2.75, 3.05) is 14.1 Å². The Kier molecular flexibility index (Phi) is 4.63. The van der Waals surface area contributed by atoms with Gasteiger partial charge in [-0.3, -0.25) is 4.79 Å². The maximum atomic E-state index is 12.9. The molecular formula is C19H25N3OS. The van der Waals surface area contributed by atoms with Crippen LogP contribution in [0.4, 0.5) is 0 Å². The number of benzene rings is 1. The number of thiocarbonyl (C=S) groups is 1. The molecule has 0 saturated heterocycles. The lowest BCUT2D eigenvalue weighted by molar-refractivity contribution is -0.125. The zero-order chi connectivity index (χ0) is 17.4. The molecule has 4 nitrogen and oxygen atoms in total. The smallest absolute Gasteiger partial charge is 0.253 e. The van der Waals surface area contributed by atoms with Crippen molar-refractivity contribution in [3.63, 3.8) is 0 Å². The Morgan fingerprint density at radius 2 is 1.92 bits per heavy atom. The normalized spacial score (nSPS) is 20.9. The molecule has 5 heteroatoms. The van der Waals surface area contributed by atoms with Crippen molar-refractivity contribution in [3.8, 4) is 0 Å². The zero-order valence-electron chi connectivity index (χ0n) is 14.8. The number of nitrogens with one attached hydrogen (secondary N) is 1. The number of amides is 1. The number of allylic oxidation sites excluding steroid dienone is 1. The van der Waals surface area contributed by atoms with Crippen molar-refractivity contribution >= 4 is 23.2 Å². The first-order chi connectivity index (χ1) is 11.4. The topological polar surface area (TPSA) is 35.6 Å². The lowest BCUT2D eigenvalue weighted by atomic mass is 9.93. The van der Waals surface area contributed by atoms with Gasteiger partial charge >= 0.3 is 0 Å². The third-order valence-corrected chi connectivity index (χ3v) is 5.11. The maximum Gasteiger partial charge on any atom is 0.253 e. The lowest BCUT2D eigenvalue weighted by Crippen LogP contribution is -2.49. The molecule has 1 aromatic carbocycles. The van der Waals surface area contributed by atoms with Crippen LogP contribution in [0, 0.1) is 0 Å². The van der Waals surface area contributed by atoms with Crippen molar-refractivity contribution in [1.82, 2.24) is 15.1 Å². The Balaban J connectivity index is 2.05. The molecule has 1 N–H and O–H groups in total. The third-order valence-electron chi connectivity index (χ3n) is 4.80. The minimum Gasteiger partial charge on any atom is -0.351 e. The highest BCUT2D eigenvalue weighted by Crippen LogP contribution is 2.38. The van der Waals surface area contributed by atoms with E-state index in [0.717, 1.165) is 41.2 Å². The zero-order valence-corrected chi connectivity index (χ0v) is 15.6. The first-order valence-electron chi connectivity index (χ1n) is 8.55. The van der Waals surface area contributed by atoms with Crippen LogP contribution in [0.1, 0.15) is 43.9 Å². The van der Waals surface area contributed by atoms with Crippen LogP contribution in [0.5, 0.6) is 0 Å². The van der Waals surface area contributed by atoms with E-state index >= 15 is 0 Å². The van der Waals surface area contributed by atoms with Gasteiger partial charge in [0.25, 0.3) is 5.91 Å². The van der Waals surface area contributed by atoms with Gasteiger partial charge in [-0.25, -0.2) is 0 Å². The van der Waals surface area contributed by atoms with Crippen LogP contribution >= 0.6 is 12.2 Å². The van der Waals surface area contributed by atoms with E-state index in [2.05, 4.69) is 41.4 Å². The molecule has 1 aromatic rings. The number of rotatable bonds is 4. The Morgan fingerprint density at radius 3 is 2.42 bits per heavy atom. The van der Waals surface area contributed by atoms with Crippen molar-refractivity contribution < 1.29 is 4.79 Å². The maximum absolute atomic E-state index is 12.9. The van der Waals surface area contributed by atoms with Crippen LogP contribution in [0.15, 0.2) is 35.5 Å². The molecule has 1 amide bonds. The molecule has 1 aliphatic carbocycles. The number of nitrogens with zero attached hydrogens (tertiary/aromatic N) is 2. The summed E-state index contributed by atoms with van der Waals surface area (Å²) in [6, 6.07) is 8.71. The highest BCUT2D eigenvalue weighted by molar-refractivity contribution is 7.80. The van der Waals surface area contributed by atoms with E-state index in [4.69, 9.17) is 12.2 Å². The van der Waals surface area contributed by atoms with E-state index in [0.29, 0.717) is 6.04 Å². The Bertz CT molecular complexity index is 689. The standard InChI is InChI=1S/C19H25N3OS/c1-5-13-6-8-14(9-7-13)17-16(18(23)21(3)4)12(2)22(15-10-11-15)19(24)20-17/h6-9,15,17H,5,10-11H2,1-4H3,(H,20,24)/t17-/m1/s1. The molecule has 1 aliphatic heterocycles. The van der Waals surface area contributed by atoms with Crippen LogP contribution in [0.25, 0.3) is 0 Å². The van der Waals surface area contributed by atoms with Crippen molar-refractivity contribution in [2.45, 2.75) is 45.2 Å². The van der Waals surface area contributed by atoms with E-state index in [-0.39, 0.29) is 11.9 Å². The van der Waals surface area contributed by atoms with Crippen LogP contribution in [0.2, 0.25) is 0 Å². The number of carbonyl (C=O) groups is 1. The summed E-state index contributed by atoms with van der Waals surface area (Å²) in [6.45, 7) is 4.16. The number of likely N-dealkylation sites (N-methyl/N-ethyl adjacent to an activating group) is 1. The van der Waals surface area contributed by atoms with Crippen LogP contribution in [-0.4, -0.2) is 41.0 Å². The monoisotopic (exact) mass is 343 g/mol. The molecule has 0 bridgehead atoms. The van der Waals surface area contributed by atoms with Crippen LogP contribution in [-0.2, 0) is 11.2 Å². The molecule has 24 heavy (non-hydrogen) atoms. The number of hydrogen-bond acceptors (Lipinski definition) is 2. The fourth-order valence-corrected chi connectivity index (χ4v) is 3.65. The molecule has 1 atom stereocenters. The number of carbonyl (C=O) groups excluding carboxylic acids is 1. The summed E-state index contributed by atoms with van der Waals surface area (Å²) >= 11 is 5.61. The molecule has 0 radical (unpaired) electrons. The van der Waals surface area contributed by atoms with Crippen LogP contribution < -0.4 is 5.32 Å². The summed E-state index contributed by atoms with van der Waals surface area (Å²) in [6.07, 6.45) is 3.28. The minimum absolute atomic E-state index is 0.0396. The Morgan fingerprint density at radius 1 is 1.29 bits per heavy atom. The molecule has 0 unspecified atom stereocenters. The highest BCUT2D eigenvalue weighted by Gasteiger charge is 2.40. The second kappa shape index (κ2) is 6.55. The second-order valence-corrected chi connectivity index (χ2v) is 7.16. The van der Waals surface area contributed by atoms with Crippen molar-refractivity contribution in [1.29, 1.82) is 0 Å². The van der Waals surface area contributed by atoms with Gasteiger partial charge in [-0.15, -0.1) is 0 Å². The predicted molar refractivity (Wildman–Crippen MR) is 101 cm³/mol. The van der Waals surface area contributed by atoms with Gasteiger partial charge in [0, 0.05) is 25.8 Å². The number of aryl methyl sites for hydroxylation is 1. The van der Waals surface area contributed by atoms with E-state index in [1.165, 1.54) is 5.56 Å². The summed E-state index contributed by atoms with van der Waals surface area (Å²) in [4.78, 5) is 16.6. The van der Waals surface area contributed by atoms with Crippen LogP contribution in [0.3, 0.4) is 0 Å². The fraction of sp³-hybridized carbons (Fsp3) is 0.474. The van der Waals surface area contributed by atoms with Gasteiger partial charge in [-0.2, -0.15) is 0 Å². The van der Waals surface area contributed by atoms with E-state index < -0.39 is 0 Å². The van der Waals surface area contributed by atoms with E-state index in [9.17, 15) is 4.79 Å². The summed E-state index contributed by atoms with van der Waals surface area (Å²) in [5.41, 5.74) is 4.15. The van der Waals surface area contributed by atoms with E-state index in [1.807, 2.05) is 6.92 Å². The van der Waals surface area contributed by atoms with Gasteiger partial charge < -0.3 is 15.1 Å². The van der Waals surface area contributed by atoms with Crippen molar-refractivity contribution in [3.05, 3.63) is 46.7 Å². The molecule has 0 spiro atoms. The Hall–Kier alpha value is -1.88. The molecule has 1 saturated carbocycles. The third kappa shape index (κ3) is 3.05. The molecule has 0 aromatic heterocycles. The first-order valence-corrected chi connectivity index (χ1v) is 8.95. The molecule has 1 fully saturated rings. The molecule has 3 rings (SSSR count). The second-order valence-electron chi connectivity index (χ2n) is 6.78. The summed E-state index contributed by atoms with van der Waals surface area (Å²) in [7, 11) is 3.60. The van der Waals surface area contributed by atoms with Gasteiger partial charge in [0.1, 0.15) is 0 Å². The number of hydrogen-bond donors (Lipinski definition) is 1. The predicted octanol–water partition coefficient (Wildman–Crippen LogP) is 3.00. The van der Waals surface area contributed by atoms with Gasteiger partial charge in [-0.05, 0) is 49.5 Å². The Labute approximate surface area is 149 Å². The highest BCUT2D eigenvalue weighted by atomic mass is 32.1. The fourth-order valence-electron chi connectivity index (χ4n) is 3.24. The molecule has 2 aliphatic rings. The lowest BCUT2D eigenvalue weighted by Gasteiger charge is -2.38. The summed E-state index contributed by atoms with van der Waals surface area (Å²) < 4.78 is 0. The minimum atomic E-state index is -0.187.